The zero-order valence-electron chi connectivity index (χ0n) is 21.9. The third-order valence-corrected chi connectivity index (χ3v) is 7.65. The standard InChI is InChI=1S/C30H28N2O5S/c1-6-37-21-10-7-19(8-11-21)26-24(27(33)20-9-12-22(36-5)17(3)15-20)28(34)29(35)32(26)30-31-25-18(4)13-16(2)14-23(25)38-30/h7-15,26,33H,6H2,1-5H3/b27-24+/t26-/m1/s1. The molecule has 8 heteroatoms. The second-order valence-electron chi connectivity index (χ2n) is 9.28. The van der Waals surface area contributed by atoms with Crippen molar-refractivity contribution >= 4 is 44.1 Å². The first-order valence-corrected chi connectivity index (χ1v) is 13.1. The highest BCUT2D eigenvalue weighted by molar-refractivity contribution is 7.22. The summed E-state index contributed by atoms with van der Waals surface area (Å²) in [6.07, 6.45) is 0. The maximum Gasteiger partial charge on any atom is 0.301 e. The minimum atomic E-state index is -0.866. The molecule has 0 radical (unpaired) electrons. The third kappa shape index (κ3) is 4.31. The minimum absolute atomic E-state index is 0.0101. The summed E-state index contributed by atoms with van der Waals surface area (Å²) < 4.78 is 11.9. The molecular weight excluding hydrogens is 500 g/mol. The first-order valence-electron chi connectivity index (χ1n) is 12.3. The van der Waals surface area contributed by atoms with E-state index >= 15 is 0 Å². The van der Waals surface area contributed by atoms with Crippen molar-refractivity contribution in [2.24, 2.45) is 0 Å². The van der Waals surface area contributed by atoms with Crippen LogP contribution in [0.3, 0.4) is 0 Å². The third-order valence-electron chi connectivity index (χ3n) is 6.64. The van der Waals surface area contributed by atoms with Gasteiger partial charge in [0, 0.05) is 5.56 Å². The molecule has 2 heterocycles. The molecule has 1 atom stereocenters. The predicted molar refractivity (Wildman–Crippen MR) is 149 cm³/mol. The van der Waals surface area contributed by atoms with Crippen LogP contribution in [0.4, 0.5) is 5.13 Å². The van der Waals surface area contributed by atoms with Crippen molar-refractivity contribution < 1.29 is 24.2 Å². The summed E-state index contributed by atoms with van der Waals surface area (Å²) in [5.74, 6) is -0.412. The van der Waals surface area contributed by atoms with Crippen molar-refractivity contribution in [3.63, 3.8) is 0 Å². The monoisotopic (exact) mass is 528 g/mol. The Morgan fingerprint density at radius 3 is 2.42 bits per heavy atom. The lowest BCUT2D eigenvalue weighted by molar-refractivity contribution is -0.132. The topological polar surface area (TPSA) is 89.0 Å². The fourth-order valence-electron chi connectivity index (χ4n) is 4.90. The van der Waals surface area contributed by atoms with Crippen LogP contribution in [0.1, 0.15) is 40.8 Å². The van der Waals surface area contributed by atoms with Crippen LogP contribution in [0.25, 0.3) is 16.0 Å². The zero-order valence-corrected chi connectivity index (χ0v) is 22.7. The molecule has 0 bridgehead atoms. The lowest BCUT2D eigenvalue weighted by Gasteiger charge is -2.23. The van der Waals surface area contributed by atoms with Gasteiger partial charge in [-0.15, -0.1) is 0 Å². The highest BCUT2D eigenvalue weighted by atomic mass is 32.1. The van der Waals surface area contributed by atoms with Gasteiger partial charge in [0.25, 0.3) is 5.78 Å². The molecule has 0 spiro atoms. The number of ketones is 1. The smallest absolute Gasteiger partial charge is 0.301 e. The molecule has 1 fully saturated rings. The van der Waals surface area contributed by atoms with Crippen LogP contribution in [0.2, 0.25) is 0 Å². The number of Topliss-reactive ketones (excluding diaryl/α,β-unsaturated/α-hetero) is 1. The molecule has 1 amide bonds. The van der Waals surface area contributed by atoms with Crippen LogP contribution in [-0.2, 0) is 9.59 Å². The number of methoxy groups -OCH3 is 1. The lowest BCUT2D eigenvalue weighted by Crippen LogP contribution is -2.29. The summed E-state index contributed by atoms with van der Waals surface area (Å²) in [6, 6.07) is 15.5. The van der Waals surface area contributed by atoms with Gasteiger partial charge in [0.2, 0.25) is 0 Å². The zero-order chi connectivity index (χ0) is 27.1. The van der Waals surface area contributed by atoms with E-state index in [1.54, 1.807) is 37.4 Å². The number of fused-ring (bicyclic) bond motifs is 1. The van der Waals surface area contributed by atoms with Crippen LogP contribution >= 0.6 is 11.3 Å². The van der Waals surface area contributed by atoms with Gasteiger partial charge in [-0.1, -0.05) is 29.5 Å². The first-order chi connectivity index (χ1) is 18.2. The van der Waals surface area contributed by atoms with Crippen molar-refractivity contribution in [3.05, 3.63) is 88.0 Å². The summed E-state index contributed by atoms with van der Waals surface area (Å²) in [4.78, 5) is 33.2. The van der Waals surface area contributed by atoms with Gasteiger partial charge in [0.15, 0.2) is 5.13 Å². The maximum absolute atomic E-state index is 13.6. The quantitative estimate of drug-likeness (QED) is 0.181. The van der Waals surface area contributed by atoms with Gasteiger partial charge < -0.3 is 14.6 Å². The number of anilines is 1. The van der Waals surface area contributed by atoms with Crippen molar-refractivity contribution in [1.29, 1.82) is 0 Å². The molecule has 1 aliphatic rings. The minimum Gasteiger partial charge on any atom is -0.507 e. The van der Waals surface area contributed by atoms with E-state index in [-0.39, 0.29) is 11.3 Å². The number of rotatable bonds is 6. The number of aryl methyl sites for hydroxylation is 3. The number of nitrogens with zero attached hydrogens (tertiary/aromatic N) is 2. The van der Waals surface area contributed by atoms with E-state index in [1.165, 1.54) is 16.2 Å². The normalized spacial score (nSPS) is 16.9. The molecule has 5 rings (SSSR count). The van der Waals surface area contributed by atoms with Crippen LogP contribution in [0, 0.1) is 20.8 Å². The number of carbonyl (C=O) groups is 2. The Kier molecular flexibility index (Phi) is 6.67. The molecule has 1 aliphatic heterocycles. The van der Waals surface area contributed by atoms with Crippen LogP contribution in [0.15, 0.2) is 60.2 Å². The molecule has 0 unspecified atom stereocenters. The van der Waals surface area contributed by atoms with E-state index in [4.69, 9.17) is 14.5 Å². The van der Waals surface area contributed by atoms with Gasteiger partial charge >= 0.3 is 5.91 Å². The fraction of sp³-hybridized carbons (Fsp3) is 0.233. The molecule has 1 aromatic heterocycles. The van der Waals surface area contributed by atoms with Gasteiger partial charge in [-0.3, -0.25) is 14.5 Å². The summed E-state index contributed by atoms with van der Waals surface area (Å²) in [5.41, 5.74) is 4.75. The molecule has 3 aromatic carbocycles. The van der Waals surface area contributed by atoms with Gasteiger partial charge in [0.05, 0.1) is 35.5 Å². The summed E-state index contributed by atoms with van der Waals surface area (Å²) in [5, 5.41) is 11.9. The van der Waals surface area contributed by atoms with Crippen molar-refractivity contribution in [3.8, 4) is 11.5 Å². The highest BCUT2D eigenvalue weighted by Crippen LogP contribution is 2.45. The van der Waals surface area contributed by atoms with Gasteiger partial charge in [-0.25, -0.2) is 4.98 Å². The van der Waals surface area contributed by atoms with E-state index in [0.29, 0.717) is 34.4 Å². The van der Waals surface area contributed by atoms with Gasteiger partial charge in [0.1, 0.15) is 17.3 Å². The molecule has 194 valence electrons. The molecule has 38 heavy (non-hydrogen) atoms. The first kappa shape index (κ1) is 25.5. The number of amides is 1. The Hall–Kier alpha value is -4.17. The molecule has 0 saturated carbocycles. The van der Waals surface area contributed by atoms with E-state index in [2.05, 4.69) is 0 Å². The number of aliphatic hydroxyl groups is 1. The number of ether oxygens (including phenoxy) is 2. The van der Waals surface area contributed by atoms with Crippen molar-refractivity contribution in [1.82, 2.24) is 4.98 Å². The molecule has 4 aromatic rings. The van der Waals surface area contributed by atoms with E-state index in [9.17, 15) is 14.7 Å². The maximum atomic E-state index is 13.6. The highest BCUT2D eigenvalue weighted by Gasteiger charge is 2.48. The number of aliphatic hydroxyl groups excluding tert-OH is 1. The molecule has 1 saturated heterocycles. The van der Waals surface area contributed by atoms with Crippen molar-refractivity contribution in [2.75, 3.05) is 18.6 Å². The van der Waals surface area contributed by atoms with Crippen LogP contribution in [0.5, 0.6) is 11.5 Å². The fourth-order valence-corrected chi connectivity index (χ4v) is 6.07. The average molecular weight is 529 g/mol. The molecule has 1 N–H and O–H groups in total. The SMILES string of the molecule is CCOc1ccc([C@@H]2/C(=C(\O)c3ccc(OC)c(C)c3)C(=O)C(=O)N2c2nc3c(C)cc(C)cc3s2)cc1. The number of benzene rings is 3. The van der Waals surface area contributed by atoms with Crippen LogP contribution in [-0.4, -0.2) is 35.5 Å². The number of aromatic nitrogens is 1. The summed E-state index contributed by atoms with van der Waals surface area (Å²) >= 11 is 1.35. The number of hydrogen-bond acceptors (Lipinski definition) is 7. The Morgan fingerprint density at radius 2 is 1.76 bits per heavy atom. The number of thiazole rings is 1. The van der Waals surface area contributed by atoms with E-state index in [1.807, 2.05) is 52.0 Å². The Morgan fingerprint density at radius 1 is 1.03 bits per heavy atom. The second kappa shape index (κ2) is 9.95. The Balaban J connectivity index is 1.71. The number of hydrogen-bond donors (Lipinski definition) is 1. The lowest BCUT2D eigenvalue weighted by atomic mass is 9.95. The average Bonchev–Trinajstić information content (AvgIpc) is 3.43. The van der Waals surface area contributed by atoms with Gasteiger partial charge in [-0.05, 0) is 86.3 Å². The second-order valence-corrected chi connectivity index (χ2v) is 10.3. The van der Waals surface area contributed by atoms with Gasteiger partial charge in [-0.2, -0.15) is 0 Å². The Labute approximate surface area is 225 Å². The Bertz CT molecular complexity index is 1600. The number of carbonyl (C=O) groups excluding carboxylic acids is 2. The molecule has 0 aliphatic carbocycles. The van der Waals surface area contributed by atoms with Crippen LogP contribution < -0.4 is 14.4 Å². The van der Waals surface area contributed by atoms with E-state index in [0.717, 1.165) is 26.9 Å². The van der Waals surface area contributed by atoms with E-state index < -0.39 is 17.7 Å². The van der Waals surface area contributed by atoms with Crippen molar-refractivity contribution in [2.45, 2.75) is 33.7 Å². The summed E-state index contributed by atoms with van der Waals surface area (Å²) in [7, 11) is 1.57. The largest absolute Gasteiger partial charge is 0.507 e. The molecule has 7 nitrogen and oxygen atoms in total. The molecular formula is C30H28N2O5S. The predicted octanol–water partition coefficient (Wildman–Crippen LogP) is 6.26. The summed E-state index contributed by atoms with van der Waals surface area (Å²) in [6.45, 7) is 8.25.